The second kappa shape index (κ2) is 3.28. The molecule has 4 heteroatoms. The maximum Gasteiger partial charge on any atom is 0.141 e. The van der Waals surface area contributed by atoms with Gasteiger partial charge in [-0.25, -0.2) is 4.68 Å². The first-order chi connectivity index (χ1) is 6.25. The van der Waals surface area contributed by atoms with Crippen molar-refractivity contribution in [1.82, 2.24) is 14.9 Å². The third-order valence-corrected chi connectivity index (χ3v) is 2.60. The largest absolute Gasteiger partial charge is 0.208 e. The molecule has 0 aliphatic heterocycles. The van der Waals surface area contributed by atoms with Crippen molar-refractivity contribution >= 4 is 5.71 Å². The standard InChI is InChI=1S/C9H14N4/c1-7(2)8-3-9(4-8)12-13-5-10-11-6-13/h5-8H,3-4H2,1-2H3. The summed E-state index contributed by atoms with van der Waals surface area (Å²) in [6, 6.07) is 0. The molecule has 2 rings (SSSR count). The van der Waals surface area contributed by atoms with Crippen molar-refractivity contribution < 1.29 is 0 Å². The first kappa shape index (κ1) is 8.41. The van der Waals surface area contributed by atoms with E-state index in [1.165, 1.54) is 5.71 Å². The van der Waals surface area contributed by atoms with Crippen LogP contribution >= 0.6 is 0 Å². The van der Waals surface area contributed by atoms with Crippen LogP contribution < -0.4 is 0 Å². The minimum atomic E-state index is 0.778. The molecule has 1 aliphatic carbocycles. The number of aromatic nitrogens is 3. The van der Waals surface area contributed by atoms with Crippen molar-refractivity contribution in [3.63, 3.8) is 0 Å². The summed E-state index contributed by atoms with van der Waals surface area (Å²) in [6.07, 6.45) is 5.51. The second-order valence-corrected chi connectivity index (χ2v) is 3.92. The molecule has 0 radical (unpaired) electrons. The van der Waals surface area contributed by atoms with Crippen LogP contribution in [0.5, 0.6) is 0 Å². The molecule has 1 heterocycles. The number of hydrogen-bond acceptors (Lipinski definition) is 3. The summed E-state index contributed by atoms with van der Waals surface area (Å²) >= 11 is 0. The Labute approximate surface area is 77.7 Å². The molecule has 0 saturated heterocycles. The van der Waals surface area contributed by atoms with E-state index >= 15 is 0 Å². The Bertz CT molecular complexity index is 291. The van der Waals surface area contributed by atoms with Crippen molar-refractivity contribution in [3.8, 4) is 0 Å². The van der Waals surface area contributed by atoms with Gasteiger partial charge < -0.3 is 0 Å². The molecule has 0 bridgehead atoms. The summed E-state index contributed by atoms with van der Waals surface area (Å²) in [4.78, 5) is 0. The highest BCUT2D eigenvalue weighted by atomic mass is 15.4. The van der Waals surface area contributed by atoms with Crippen molar-refractivity contribution in [2.24, 2.45) is 16.9 Å². The molecule has 0 spiro atoms. The minimum Gasteiger partial charge on any atom is -0.208 e. The lowest BCUT2D eigenvalue weighted by atomic mass is 9.76. The van der Waals surface area contributed by atoms with Crippen molar-refractivity contribution in [3.05, 3.63) is 12.7 Å². The number of rotatable bonds is 2. The molecule has 13 heavy (non-hydrogen) atoms. The normalized spacial score (nSPS) is 21.8. The summed E-state index contributed by atoms with van der Waals surface area (Å²) in [6.45, 7) is 4.53. The average molecular weight is 178 g/mol. The summed E-state index contributed by atoms with van der Waals surface area (Å²) < 4.78 is 1.67. The van der Waals surface area contributed by atoms with Gasteiger partial charge in [0.2, 0.25) is 0 Å². The zero-order valence-corrected chi connectivity index (χ0v) is 8.01. The number of hydrogen-bond donors (Lipinski definition) is 0. The molecule has 1 saturated carbocycles. The lowest BCUT2D eigenvalue weighted by Gasteiger charge is -2.30. The summed E-state index contributed by atoms with van der Waals surface area (Å²) in [5.41, 5.74) is 1.26. The van der Waals surface area contributed by atoms with E-state index in [4.69, 9.17) is 0 Å². The predicted octanol–water partition coefficient (Wildman–Crippen LogP) is 1.55. The molecular formula is C9H14N4. The zero-order valence-electron chi connectivity index (χ0n) is 8.01. The molecule has 70 valence electrons. The SMILES string of the molecule is CC(C)C1CC(=Nn2cnnc2)C1. The molecule has 1 aliphatic rings. The smallest absolute Gasteiger partial charge is 0.141 e. The average Bonchev–Trinajstić information content (AvgIpc) is 2.46. The van der Waals surface area contributed by atoms with E-state index < -0.39 is 0 Å². The Morgan fingerprint density at radius 2 is 2.00 bits per heavy atom. The summed E-state index contributed by atoms with van der Waals surface area (Å²) in [5.74, 6) is 1.61. The fourth-order valence-corrected chi connectivity index (χ4v) is 1.51. The fourth-order valence-electron chi connectivity index (χ4n) is 1.51. The van der Waals surface area contributed by atoms with Gasteiger partial charge in [0.1, 0.15) is 12.7 Å². The Hall–Kier alpha value is -1.19. The van der Waals surface area contributed by atoms with Gasteiger partial charge in [-0.05, 0) is 24.7 Å². The molecule has 1 aromatic heterocycles. The topological polar surface area (TPSA) is 43.1 Å². The molecule has 1 fully saturated rings. The van der Waals surface area contributed by atoms with Gasteiger partial charge in [-0.1, -0.05) is 13.8 Å². The first-order valence-corrected chi connectivity index (χ1v) is 4.67. The Morgan fingerprint density at radius 3 is 2.54 bits per heavy atom. The van der Waals surface area contributed by atoms with E-state index in [1.54, 1.807) is 17.3 Å². The monoisotopic (exact) mass is 178 g/mol. The highest BCUT2D eigenvalue weighted by molar-refractivity contribution is 5.90. The van der Waals surface area contributed by atoms with Gasteiger partial charge in [-0.15, -0.1) is 10.2 Å². The van der Waals surface area contributed by atoms with E-state index in [1.807, 2.05) is 0 Å². The molecule has 0 amide bonds. The van der Waals surface area contributed by atoms with Crippen LogP contribution in [0.3, 0.4) is 0 Å². The maximum atomic E-state index is 4.37. The van der Waals surface area contributed by atoms with Crippen molar-refractivity contribution in [2.75, 3.05) is 0 Å². The van der Waals surface area contributed by atoms with Gasteiger partial charge in [0.25, 0.3) is 0 Å². The predicted molar refractivity (Wildman–Crippen MR) is 50.4 cm³/mol. The van der Waals surface area contributed by atoms with Crippen molar-refractivity contribution in [2.45, 2.75) is 26.7 Å². The highest BCUT2D eigenvalue weighted by Gasteiger charge is 2.27. The fraction of sp³-hybridized carbons (Fsp3) is 0.667. The van der Waals surface area contributed by atoms with Crippen LogP contribution in [0.1, 0.15) is 26.7 Å². The van der Waals surface area contributed by atoms with Crippen LogP contribution in [0.25, 0.3) is 0 Å². The van der Waals surface area contributed by atoms with Crippen LogP contribution in [0.15, 0.2) is 17.8 Å². The summed E-state index contributed by atoms with van der Waals surface area (Å²) in [5, 5.41) is 11.8. The Kier molecular flexibility index (Phi) is 2.12. The molecule has 1 aromatic rings. The molecule has 0 unspecified atom stereocenters. The quantitative estimate of drug-likeness (QED) is 0.689. The van der Waals surface area contributed by atoms with Crippen LogP contribution in [-0.2, 0) is 0 Å². The number of nitrogens with zero attached hydrogens (tertiary/aromatic N) is 4. The molecule has 0 aromatic carbocycles. The third-order valence-electron chi connectivity index (χ3n) is 2.60. The van der Waals surface area contributed by atoms with Gasteiger partial charge in [0.15, 0.2) is 0 Å². The Morgan fingerprint density at radius 1 is 1.38 bits per heavy atom. The van der Waals surface area contributed by atoms with Crippen LogP contribution in [-0.4, -0.2) is 20.6 Å². The van der Waals surface area contributed by atoms with E-state index in [0.717, 1.165) is 24.7 Å². The third kappa shape index (κ3) is 1.76. The maximum absolute atomic E-state index is 4.37. The van der Waals surface area contributed by atoms with Crippen LogP contribution in [0.2, 0.25) is 0 Å². The zero-order chi connectivity index (χ0) is 9.26. The first-order valence-electron chi connectivity index (χ1n) is 4.67. The highest BCUT2D eigenvalue weighted by Crippen LogP contribution is 2.31. The van der Waals surface area contributed by atoms with Gasteiger partial charge in [-0.3, -0.25) is 0 Å². The molecule has 0 atom stereocenters. The van der Waals surface area contributed by atoms with Crippen LogP contribution in [0.4, 0.5) is 0 Å². The summed E-state index contributed by atoms with van der Waals surface area (Å²) in [7, 11) is 0. The van der Waals surface area contributed by atoms with Gasteiger partial charge in [-0.2, -0.15) is 5.10 Å². The van der Waals surface area contributed by atoms with Crippen molar-refractivity contribution in [1.29, 1.82) is 0 Å². The van der Waals surface area contributed by atoms with Crippen LogP contribution in [0, 0.1) is 11.8 Å². The second-order valence-electron chi connectivity index (χ2n) is 3.92. The van der Waals surface area contributed by atoms with E-state index in [2.05, 4.69) is 29.1 Å². The Balaban J connectivity index is 1.93. The van der Waals surface area contributed by atoms with Gasteiger partial charge in [0.05, 0.1) is 0 Å². The molecule has 0 N–H and O–H groups in total. The minimum absolute atomic E-state index is 0.778. The van der Waals surface area contributed by atoms with Gasteiger partial charge in [0, 0.05) is 5.71 Å². The molecular weight excluding hydrogens is 164 g/mol. The van der Waals surface area contributed by atoms with E-state index in [9.17, 15) is 0 Å². The lowest BCUT2D eigenvalue weighted by molar-refractivity contribution is 0.362. The van der Waals surface area contributed by atoms with Gasteiger partial charge >= 0.3 is 0 Å². The van der Waals surface area contributed by atoms with E-state index in [0.29, 0.717) is 0 Å². The van der Waals surface area contributed by atoms with E-state index in [-0.39, 0.29) is 0 Å². The lowest BCUT2D eigenvalue weighted by Crippen LogP contribution is -2.28. The molecule has 4 nitrogen and oxygen atoms in total.